The monoisotopic (exact) mass is 274 g/mol. The van der Waals surface area contributed by atoms with Crippen LogP contribution < -0.4 is 16.1 Å². The van der Waals surface area contributed by atoms with Crippen molar-refractivity contribution in [2.24, 2.45) is 14.1 Å². The molecule has 2 rings (SSSR count). The maximum absolute atomic E-state index is 12.0. The molecule has 1 unspecified atom stereocenters. The summed E-state index contributed by atoms with van der Waals surface area (Å²) in [4.78, 5) is 29.9. The first-order chi connectivity index (χ1) is 9.43. The predicted molar refractivity (Wildman–Crippen MR) is 78.0 cm³/mol. The summed E-state index contributed by atoms with van der Waals surface area (Å²) in [6.45, 7) is 1.98. The van der Waals surface area contributed by atoms with Crippen molar-refractivity contribution >= 4 is 5.82 Å². The molecule has 0 aliphatic rings. The molecule has 0 spiro atoms. The molecule has 6 heteroatoms. The summed E-state index contributed by atoms with van der Waals surface area (Å²) >= 11 is 0. The summed E-state index contributed by atoms with van der Waals surface area (Å²) in [6.07, 6.45) is 1.72. The van der Waals surface area contributed by atoms with Gasteiger partial charge in [-0.05, 0) is 19.1 Å². The van der Waals surface area contributed by atoms with Crippen molar-refractivity contribution in [3.63, 3.8) is 0 Å². The van der Waals surface area contributed by atoms with E-state index in [1.165, 1.54) is 17.7 Å². The van der Waals surface area contributed by atoms with Crippen molar-refractivity contribution in [1.82, 2.24) is 14.1 Å². The summed E-state index contributed by atoms with van der Waals surface area (Å²) in [7, 11) is 4.96. The Labute approximate surface area is 116 Å². The van der Waals surface area contributed by atoms with Crippen LogP contribution in [0, 0.1) is 0 Å². The summed E-state index contributed by atoms with van der Waals surface area (Å²) < 4.78 is 2.55. The van der Waals surface area contributed by atoms with Crippen LogP contribution in [0.4, 0.5) is 5.82 Å². The van der Waals surface area contributed by atoms with Gasteiger partial charge in [-0.15, -0.1) is 0 Å². The Morgan fingerprint density at radius 3 is 2.50 bits per heavy atom. The molecular weight excluding hydrogens is 256 g/mol. The van der Waals surface area contributed by atoms with Crippen LogP contribution in [-0.4, -0.2) is 21.2 Å². The van der Waals surface area contributed by atoms with Gasteiger partial charge in [-0.3, -0.25) is 18.9 Å². The second-order valence-electron chi connectivity index (χ2n) is 4.78. The number of aromatic nitrogens is 3. The lowest BCUT2D eigenvalue weighted by molar-refractivity contribution is 0.635. The lowest BCUT2D eigenvalue weighted by Crippen LogP contribution is -2.40. The zero-order valence-electron chi connectivity index (χ0n) is 12.1. The van der Waals surface area contributed by atoms with E-state index in [1.54, 1.807) is 13.2 Å². The van der Waals surface area contributed by atoms with Crippen LogP contribution in [0.2, 0.25) is 0 Å². The van der Waals surface area contributed by atoms with Crippen LogP contribution in [0.5, 0.6) is 0 Å². The molecule has 0 aliphatic heterocycles. The minimum absolute atomic E-state index is 0.0473. The molecule has 0 aromatic carbocycles. The quantitative estimate of drug-likeness (QED) is 0.825. The third kappa shape index (κ3) is 2.36. The van der Waals surface area contributed by atoms with Gasteiger partial charge < -0.3 is 4.90 Å². The Kier molecular flexibility index (Phi) is 3.74. The Morgan fingerprint density at radius 2 is 1.90 bits per heavy atom. The second kappa shape index (κ2) is 5.32. The van der Waals surface area contributed by atoms with Crippen LogP contribution in [0.1, 0.15) is 18.7 Å². The van der Waals surface area contributed by atoms with Crippen LogP contribution in [-0.2, 0) is 14.1 Å². The number of hydrogen-bond acceptors (Lipinski definition) is 4. The molecule has 2 heterocycles. The SMILES string of the molecule is CC(c1ccccn1)N(C)c1cc(=O)n(C)c(=O)n1C. The van der Waals surface area contributed by atoms with Crippen molar-refractivity contribution in [3.8, 4) is 0 Å². The first-order valence-electron chi connectivity index (χ1n) is 6.34. The maximum Gasteiger partial charge on any atom is 0.332 e. The van der Waals surface area contributed by atoms with E-state index in [9.17, 15) is 9.59 Å². The number of anilines is 1. The van der Waals surface area contributed by atoms with Gasteiger partial charge in [0, 0.05) is 33.4 Å². The molecule has 0 amide bonds. The number of rotatable bonds is 3. The lowest BCUT2D eigenvalue weighted by Gasteiger charge is -2.28. The molecule has 2 aromatic rings. The highest BCUT2D eigenvalue weighted by Crippen LogP contribution is 2.21. The second-order valence-corrected chi connectivity index (χ2v) is 4.78. The molecular formula is C14H18N4O2. The van der Waals surface area contributed by atoms with Gasteiger partial charge in [0.15, 0.2) is 0 Å². The molecule has 6 nitrogen and oxygen atoms in total. The van der Waals surface area contributed by atoms with Gasteiger partial charge in [-0.25, -0.2) is 4.79 Å². The van der Waals surface area contributed by atoms with E-state index in [0.29, 0.717) is 5.82 Å². The molecule has 20 heavy (non-hydrogen) atoms. The number of nitrogens with zero attached hydrogens (tertiary/aromatic N) is 4. The summed E-state index contributed by atoms with van der Waals surface area (Å²) in [5.74, 6) is 0.566. The largest absolute Gasteiger partial charge is 0.352 e. The van der Waals surface area contributed by atoms with Gasteiger partial charge in [-0.2, -0.15) is 0 Å². The van der Waals surface area contributed by atoms with Gasteiger partial charge in [0.05, 0.1) is 11.7 Å². The molecule has 0 N–H and O–H groups in total. The van der Waals surface area contributed by atoms with E-state index in [1.807, 2.05) is 37.1 Å². The number of hydrogen-bond donors (Lipinski definition) is 0. The van der Waals surface area contributed by atoms with Crippen LogP contribution >= 0.6 is 0 Å². The van der Waals surface area contributed by atoms with Crippen molar-refractivity contribution in [2.45, 2.75) is 13.0 Å². The maximum atomic E-state index is 12.0. The van der Waals surface area contributed by atoms with Crippen LogP contribution in [0.15, 0.2) is 40.1 Å². The molecule has 106 valence electrons. The van der Waals surface area contributed by atoms with Gasteiger partial charge in [0.25, 0.3) is 5.56 Å². The smallest absolute Gasteiger partial charge is 0.332 e. The fourth-order valence-corrected chi connectivity index (χ4v) is 2.08. The average molecular weight is 274 g/mol. The third-order valence-electron chi connectivity index (χ3n) is 3.56. The first kappa shape index (κ1) is 14.0. The predicted octanol–water partition coefficient (Wildman–Crippen LogP) is 0.676. The summed E-state index contributed by atoms with van der Waals surface area (Å²) in [5, 5.41) is 0. The Balaban J connectivity index is 2.47. The molecule has 0 bridgehead atoms. The van der Waals surface area contributed by atoms with Gasteiger partial charge in [0.2, 0.25) is 0 Å². The molecule has 2 aromatic heterocycles. The minimum atomic E-state index is -0.340. The van der Waals surface area contributed by atoms with E-state index in [-0.39, 0.29) is 17.3 Å². The molecule has 0 aliphatic carbocycles. The fraction of sp³-hybridized carbons (Fsp3) is 0.357. The van der Waals surface area contributed by atoms with E-state index in [2.05, 4.69) is 4.98 Å². The normalized spacial score (nSPS) is 12.2. The van der Waals surface area contributed by atoms with Crippen molar-refractivity contribution in [1.29, 1.82) is 0 Å². The Morgan fingerprint density at radius 1 is 1.20 bits per heavy atom. The zero-order chi connectivity index (χ0) is 14.9. The lowest BCUT2D eigenvalue weighted by atomic mass is 10.2. The van der Waals surface area contributed by atoms with E-state index < -0.39 is 0 Å². The van der Waals surface area contributed by atoms with E-state index in [4.69, 9.17) is 0 Å². The highest BCUT2D eigenvalue weighted by molar-refractivity contribution is 5.40. The van der Waals surface area contributed by atoms with Gasteiger partial charge in [-0.1, -0.05) is 6.07 Å². The average Bonchev–Trinajstić information content (AvgIpc) is 2.48. The Bertz CT molecular complexity index is 718. The Hall–Kier alpha value is -2.37. The van der Waals surface area contributed by atoms with Gasteiger partial charge in [0.1, 0.15) is 5.82 Å². The highest BCUT2D eigenvalue weighted by Gasteiger charge is 2.17. The highest BCUT2D eigenvalue weighted by atomic mass is 16.2. The van der Waals surface area contributed by atoms with E-state index in [0.717, 1.165) is 10.3 Å². The fourth-order valence-electron chi connectivity index (χ4n) is 2.08. The molecule has 0 saturated carbocycles. The zero-order valence-corrected chi connectivity index (χ0v) is 12.1. The van der Waals surface area contributed by atoms with Crippen molar-refractivity contribution in [2.75, 3.05) is 11.9 Å². The molecule has 0 radical (unpaired) electrons. The van der Waals surface area contributed by atoms with Crippen LogP contribution in [0.25, 0.3) is 0 Å². The number of pyridine rings is 1. The molecule has 0 saturated heterocycles. The molecule has 1 atom stereocenters. The third-order valence-corrected chi connectivity index (χ3v) is 3.56. The van der Waals surface area contributed by atoms with Crippen LogP contribution in [0.3, 0.4) is 0 Å². The van der Waals surface area contributed by atoms with Gasteiger partial charge >= 0.3 is 5.69 Å². The van der Waals surface area contributed by atoms with E-state index >= 15 is 0 Å². The van der Waals surface area contributed by atoms with Crippen molar-refractivity contribution in [3.05, 3.63) is 57.0 Å². The summed E-state index contributed by atoms with van der Waals surface area (Å²) in [6, 6.07) is 7.09. The summed E-state index contributed by atoms with van der Waals surface area (Å²) in [5.41, 5.74) is 0.221. The first-order valence-corrected chi connectivity index (χ1v) is 6.34. The standard InChI is InChI=1S/C14H18N4O2/c1-10(11-7-5-6-8-15-11)16(2)12-9-13(19)18(4)14(20)17(12)3/h5-10H,1-4H3. The molecule has 0 fully saturated rings. The topological polar surface area (TPSA) is 60.1 Å². The van der Waals surface area contributed by atoms with Crippen molar-refractivity contribution < 1.29 is 0 Å². The minimum Gasteiger partial charge on any atom is -0.352 e.